The van der Waals surface area contributed by atoms with Gasteiger partial charge in [-0.15, -0.1) is 0 Å². The number of nitrogens with two attached hydrogens (primary N) is 1. The molecule has 0 fully saturated rings. The summed E-state index contributed by atoms with van der Waals surface area (Å²) in [4.78, 5) is -0.0990. The van der Waals surface area contributed by atoms with E-state index in [-0.39, 0.29) is 18.0 Å². The molecule has 0 amide bonds. The standard InChI is InChI=1S/C15H17FN2O2S/c16-14-7-6-13(11-17)15(10-14)21(19,20)18-9-8-12-4-2-1-3-5-12/h1-7,10,18H,8-9,11,17H2. The summed E-state index contributed by atoms with van der Waals surface area (Å²) in [5, 5.41) is 0. The number of rotatable bonds is 6. The molecule has 4 nitrogen and oxygen atoms in total. The third kappa shape index (κ3) is 4.10. The van der Waals surface area contributed by atoms with Crippen molar-refractivity contribution in [3.05, 3.63) is 65.5 Å². The van der Waals surface area contributed by atoms with E-state index in [9.17, 15) is 12.8 Å². The van der Waals surface area contributed by atoms with E-state index in [2.05, 4.69) is 4.72 Å². The van der Waals surface area contributed by atoms with Gasteiger partial charge in [0.15, 0.2) is 0 Å². The first-order valence-corrected chi connectivity index (χ1v) is 8.03. The molecule has 112 valence electrons. The topological polar surface area (TPSA) is 72.2 Å². The van der Waals surface area contributed by atoms with Crippen molar-refractivity contribution in [2.45, 2.75) is 17.9 Å². The minimum absolute atomic E-state index is 0.0369. The van der Waals surface area contributed by atoms with E-state index in [1.54, 1.807) is 0 Å². The molecule has 0 atom stereocenters. The number of sulfonamides is 1. The molecule has 0 aliphatic heterocycles. The minimum Gasteiger partial charge on any atom is -0.326 e. The highest BCUT2D eigenvalue weighted by Gasteiger charge is 2.18. The van der Waals surface area contributed by atoms with Crippen LogP contribution in [0, 0.1) is 5.82 Å². The van der Waals surface area contributed by atoms with Crippen molar-refractivity contribution in [2.75, 3.05) is 6.54 Å². The lowest BCUT2D eigenvalue weighted by atomic mass is 10.2. The number of hydrogen-bond donors (Lipinski definition) is 2. The van der Waals surface area contributed by atoms with Crippen LogP contribution >= 0.6 is 0 Å². The Balaban J connectivity index is 2.10. The number of hydrogen-bond acceptors (Lipinski definition) is 3. The van der Waals surface area contributed by atoms with Crippen molar-refractivity contribution in [3.63, 3.8) is 0 Å². The van der Waals surface area contributed by atoms with Gasteiger partial charge >= 0.3 is 0 Å². The van der Waals surface area contributed by atoms with Gasteiger partial charge in [-0.25, -0.2) is 17.5 Å². The van der Waals surface area contributed by atoms with E-state index in [1.165, 1.54) is 12.1 Å². The third-order valence-corrected chi connectivity index (χ3v) is 4.63. The Kier molecular flexibility index (Phi) is 5.06. The lowest BCUT2D eigenvalue weighted by molar-refractivity contribution is 0.576. The van der Waals surface area contributed by atoms with Crippen LogP contribution in [0.15, 0.2) is 53.4 Å². The normalized spacial score (nSPS) is 11.5. The van der Waals surface area contributed by atoms with Gasteiger partial charge in [0, 0.05) is 13.1 Å². The molecule has 0 radical (unpaired) electrons. The largest absolute Gasteiger partial charge is 0.326 e. The zero-order valence-corrected chi connectivity index (χ0v) is 12.2. The smallest absolute Gasteiger partial charge is 0.241 e. The first-order chi connectivity index (χ1) is 10.0. The summed E-state index contributed by atoms with van der Waals surface area (Å²) in [7, 11) is -3.77. The van der Waals surface area contributed by atoms with Gasteiger partial charge in [0.25, 0.3) is 0 Å². The predicted octanol–water partition coefficient (Wildman–Crippen LogP) is 1.81. The maximum atomic E-state index is 13.3. The molecule has 0 spiro atoms. The Labute approximate surface area is 123 Å². The fourth-order valence-corrected chi connectivity index (χ4v) is 3.29. The van der Waals surface area contributed by atoms with E-state index in [0.29, 0.717) is 12.0 Å². The average molecular weight is 308 g/mol. The molecule has 21 heavy (non-hydrogen) atoms. The molecule has 0 saturated heterocycles. The molecule has 0 heterocycles. The lowest BCUT2D eigenvalue weighted by Gasteiger charge is -2.10. The van der Waals surface area contributed by atoms with E-state index >= 15 is 0 Å². The fourth-order valence-electron chi connectivity index (χ4n) is 2.00. The lowest BCUT2D eigenvalue weighted by Crippen LogP contribution is -2.27. The second kappa shape index (κ2) is 6.80. The molecule has 0 unspecified atom stereocenters. The van der Waals surface area contributed by atoms with Crippen LogP contribution in [0.2, 0.25) is 0 Å². The van der Waals surface area contributed by atoms with E-state index in [1.807, 2.05) is 30.3 Å². The fraction of sp³-hybridized carbons (Fsp3) is 0.200. The molecular formula is C15H17FN2O2S. The van der Waals surface area contributed by atoms with E-state index in [4.69, 9.17) is 5.73 Å². The molecule has 0 aliphatic rings. The van der Waals surface area contributed by atoms with Crippen LogP contribution in [0.1, 0.15) is 11.1 Å². The SMILES string of the molecule is NCc1ccc(F)cc1S(=O)(=O)NCCc1ccccc1. The monoisotopic (exact) mass is 308 g/mol. The summed E-state index contributed by atoms with van der Waals surface area (Å²) in [6.07, 6.45) is 0.563. The first-order valence-electron chi connectivity index (χ1n) is 6.55. The Morgan fingerprint density at radius 1 is 1.10 bits per heavy atom. The Hall–Kier alpha value is -1.76. The van der Waals surface area contributed by atoms with Crippen LogP contribution < -0.4 is 10.5 Å². The molecule has 2 aromatic carbocycles. The Morgan fingerprint density at radius 2 is 1.81 bits per heavy atom. The summed E-state index contributed by atoms with van der Waals surface area (Å²) in [5.74, 6) is -0.601. The first kappa shape index (κ1) is 15.6. The zero-order valence-electron chi connectivity index (χ0n) is 11.4. The van der Waals surface area contributed by atoms with Crippen molar-refractivity contribution in [3.8, 4) is 0 Å². The highest BCUT2D eigenvalue weighted by atomic mass is 32.2. The van der Waals surface area contributed by atoms with Crippen molar-refractivity contribution in [2.24, 2.45) is 5.73 Å². The highest BCUT2D eigenvalue weighted by molar-refractivity contribution is 7.89. The summed E-state index contributed by atoms with van der Waals surface area (Å²) in [6, 6.07) is 13.1. The van der Waals surface area contributed by atoms with Gasteiger partial charge in [-0.3, -0.25) is 0 Å². The van der Waals surface area contributed by atoms with Gasteiger partial charge in [0.05, 0.1) is 4.90 Å². The van der Waals surface area contributed by atoms with Gasteiger partial charge in [-0.05, 0) is 29.7 Å². The van der Waals surface area contributed by atoms with Gasteiger partial charge < -0.3 is 5.73 Å². The molecule has 3 N–H and O–H groups in total. The second-order valence-electron chi connectivity index (χ2n) is 4.59. The van der Waals surface area contributed by atoms with Gasteiger partial charge in [0.2, 0.25) is 10.0 Å². The molecule has 2 rings (SSSR count). The van der Waals surface area contributed by atoms with Gasteiger partial charge in [-0.2, -0.15) is 0 Å². The van der Waals surface area contributed by atoms with Crippen LogP contribution in [0.3, 0.4) is 0 Å². The van der Waals surface area contributed by atoms with Gasteiger partial charge in [0.1, 0.15) is 5.82 Å². The summed E-state index contributed by atoms with van der Waals surface area (Å²) >= 11 is 0. The van der Waals surface area contributed by atoms with Crippen molar-refractivity contribution >= 4 is 10.0 Å². The highest BCUT2D eigenvalue weighted by Crippen LogP contribution is 2.16. The third-order valence-electron chi connectivity index (χ3n) is 3.09. The quantitative estimate of drug-likeness (QED) is 0.855. The number of benzene rings is 2. The van der Waals surface area contributed by atoms with Crippen molar-refractivity contribution < 1.29 is 12.8 Å². The van der Waals surface area contributed by atoms with Crippen LogP contribution in [0.5, 0.6) is 0 Å². The van der Waals surface area contributed by atoms with Crippen molar-refractivity contribution in [1.29, 1.82) is 0 Å². The molecule has 0 saturated carbocycles. The summed E-state index contributed by atoms with van der Waals surface area (Å²) < 4.78 is 40.2. The van der Waals surface area contributed by atoms with Crippen molar-refractivity contribution in [1.82, 2.24) is 4.72 Å². The summed E-state index contributed by atoms with van der Waals surface area (Å²) in [6.45, 7) is 0.280. The van der Waals surface area contributed by atoms with Crippen LogP contribution in [0.25, 0.3) is 0 Å². The molecule has 0 bridgehead atoms. The van der Waals surface area contributed by atoms with Gasteiger partial charge in [-0.1, -0.05) is 36.4 Å². The van der Waals surface area contributed by atoms with E-state index < -0.39 is 15.8 Å². The van der Waals surface area contributed by atoms with Crippen LogP contribution in [-0.2, 0) is 23.0 Å². The maximum absolute atomic E-state index is 13.3. The molecule has 0 aliphatic carbocycles. The Bertz CT molecular complexity index is 703. The molecule has 0 aromatic heterocycles. The Morgan fingerprint density at radius 3 is 2.48 bits per heavy atom. The van der Waals surface area contributed by atoms with E-state index in [0.717, 1.165) is 11.6 Å². The zero-order chi connectivity index (χ0) is 15.3. The molecular weight excluding hydrogens is 291 g/mol. The molecule has 2 aromatic rings. The predicted molar refractivity (Wildman–Crippen MR) is 79.6 cm³/mol. The average Bonchev–Trinajstić information content (AvgIpc) is 2.48. The van der Waals surface area contributed by atoms with Crippen LogP contribution in [-0.4, -0.2) is 15.0 Å². The second-order valence-corrected chi connectivity index (χ2v) is 6.32. The summed E-state index contributed by atoms with van der Waals surface area (Å²) in [5.41, 5.74) is 6.92. The van der Waals surface area contributed by atoms with Crippen LogP contribution in [0.4, 0.5) is 4.39 Å². The maximum Gasteiger partial charge on any atom is 0.241 e. The minimum atomic E-state index is -3.77. The number of nitrogens with one attached hydrogen (secondary N) is 1. The molecule has 6 heteroatoms. The number of halogens is 1.